The number of rotatable bonds is 2. The lowest BCUT2D eigenvalue weighted by atomic mass is 9.90. The third-order valence-electron chi connectivity index (χ3n) is 4.73. The lowest BCUT2D eigenvalue weighted by molar-refractivity contribution is 1.06. The molecule has 0 bridgehead atoms. The Morgan fingerprint density at radius 3 is 2.39 bits per heavy atom. The van der Waals surface area contributed by atoms with Gasteiger partial charge in [0, 0.05) is 5.92 Å². The third-order valence-corrected chi connectivity index (χ3v) is 4.73. The smallest absolute Gasteiger partial charge is 0.0279 e. The molecular weight excluding hydrogens is 276 g/mol. The number of hydrogen-bond acceptors (Lipinski definition) is 0. The average molecular weight is 296 g/mol. The van der Waals surface area contributed by atoms with E-state index in [9.17, 15) is 0 Å². The fraction of sp³-hybridized carbons (Fsp3) is 0.130. The second-order valence-corrected chi connectivity index (χ2v) is 6.44. The van der Waals surface area contributed by atoms with E-state index < -0.39 is 0 Å². The Morgan fingerprint density at radius 1 is 0.826 bits per heavy atom. The Hall–Kier alpha value is -2.60. The minimum Gasteiger partial charge on any atom is -0.0720 e. The Balaban J connectivity index is 1.78. The summed E-state index contributed by atoms with van der Waals surface area (Å²) in [5.41, 5.74) is 9.50. The maximum absolute atomic E-state index is 2.33. The molecule has 0 heterocycles. The van der Waals surface area contributed by atoms with Gasteiger partial charge in [-0.15, -0.1) is 0 Å². The van der Waals surface area contributed by atoms with Crippen LogP contribution in [0.25, 0.3) is 17.2 Å². The van der Waals surface area contributed by atoms with Gasteiger partial charge in [0.1, 0.15) is 0 Å². The molecular formula is C23H20. The van der Waals surface area contributed by atoms with Gasteiger partial charge in [0.2, 0.25) is 0 Å². The molecule has 2 aromatic rings. The monoisotopic (exact) mass is 296 g/mol. The Labute approximate surface area is 138 Å². The molecule has 0 N–H and O–H groups in total. The van der Waals surface area contributed by atoms with Crippen molar-refractivity contribution in [1.29, 1.82) is 0 Å². The summed E-state index contributed by atoms with van der Waals surface area (Å²) in [5.74, 6) is 0.377. The summed E-state index contributed by atoms with van der Waals surface area (Å²) >= 11 is 0. The van der Waals surface area contributed by atoms with Crippen LogP contribution in [0.4, 0.5) is 0 Å². The summed E-state index contributed by atoms with van der Waals surface area (Å²) in [5, 5.41) is 0. The van der Waals surface area contributed by atoms with Gasteiger partial charge in [-0.3, -0.25) is 0 Å². The first-order valence-corrected chi connectivity index (χ1v) is 8.18. The van der Waals surface area contributed by atoms with Crippen molar-refractivity contribution in [3.8, 4) is 11.1 Å². The summed E-state index contributed by atoms with van der Waals surface area (Å²) in [7, 11) is 0. The van der Waals surface area contributed by atoms with E-state index in [4.69, 9.17) is 0 Å². The van der Waals surface area contributed by atoms with E-state index in [-0.39, 0.29) is 0 Å². The summed E-state index contributed by atoms with van der Waals surface area (Å²) in [6.07, 6.45) is 11.5. The molecule has 2 aromatic carbocycles. The van der Waals surface area contributed by atoms with Crippen molar-refractivity contribution in [1.82, 2.24) is 0 Å². The van der Waals surface area contributed by atoms with Gasteiger partial charge >= 0.3 is 0 Å². The van der Waals surface area contributed by atoms with Gasteiger partial charge in [-0.2, -0.15) is 0 Å². The van der Waals surface area contributed by atoms with Gasteiger partial charge in [0.05, 0.1) is 0 Å². The van der Waals surface area contributed by atoms with Gasteiger partial charge in [0.25, 0.3) is 0 Å². The molecule has 0 aliphatic heterocycles. The summed E-state index contributed by atoms with van der Waals surface area (Å²) in [6, 6.07) is 17.3. The van der Waals surface area contributed by atoms with E-state index >= 15 is 0 Å². The van der Waals surface area contributed by atoms with Gasteiger partial charge in [-0.1, -0.05) is 84.5 Å². The molecule has 0 spiro atoms. The highest BCUT2D eigenvalue weighted by Crippen LogP contribution is 2.42. The molecule has 2 aliphatic carbocycles. The van der Waals surface area contributed by atoms with Crippen LogP contribution < -0.4 is 0 Å². The molecule has 4 rings (SSSR count). The van der Waals surface area contributed by atoms with E-state index in [2.05, 4.69) is 92.8 Å². The number of benzene rings is 2. The Kier molecular flexibility index (Phi) is 3.38. The molecule has 0 heteroatoms. The quantitative estimate of drug-likeness (QED) is 0.610. The van der Waals surface area contributed by atoms with Crippen molar-refractivity contribution in [2.45, 2.75) is 19.8 Å². The summed E-state index contributed by atoms with van der Waals surface area (Å²) in [6.45, 7) is 4.34. The fourth-order valence-electron chi connectivity index (χ4n) is 3.46. The standard InChI is InChI=1S/C23H20/c1-16(2)18-11-12-19(15-18)21-13-14-23-20(9-6-10-22(21)23)17-7-4-3-5-8-17/h3-15,21H,1-2H3. The molecule has 0 nitrogen and oxygen atoms in total. The van der Waals surface area contributed by atoms with Gasteiger partial charge in [-0.25, -0.2) is 0 Å². The zero-order valence-corrected chi connectivity index (χ0v) is 13.6. The molecule has 23 heavy (non-hydrogen) atoms. The predicted octanol–water partition coefficient (Wildman–Crippen LogP) is 6.30. The normalized spacial score (nSPS) is 18.3. The van der Waals surface area contributed by atoms with Gasteiger partial charge < -0.3 is 0 Å². The molecule has 2 aliphatic rings. The van der Waals surface area contributed by atoms with E-state index in [1.54, 1.807) is 0 Å². The first-order chi connectivity index (χ1) is 11.2. The van der Waals surface area contributed by atoms with Crippen molar-refractivity contribution < 1.29 is 0 Å². The van der Waals surface area contributed by atoms with E-state index in [0.29, 0.717) is 5.92 Å². The fourth-order valence-corrected chi connectivity index (χ4v) is 3.46. The van der Waals surface area contributed by atoms with Crippen LogP contribution in [-0.4, -0.2) is 0 Å². The first kappa shape index (κ1) is 14.0. The molecule has 0 radical (unpaired) electrons. The van der Waals surface area contributed by atoms with Crippen molar-refractivity contribution in [2.75, 3.05) is 0 Å². The Bertz CT molecular complexity index is 870. The lowest BCUT2D eigenvalue weighted by Crippen LogP contribution is -1.96. The maximum Gasteiger partial charge on any atom is 0.0279 e. The Morgan fingerprint density at radius 2 is 1.65 bits per heavy atom. The van der Waals surface area contributed by atoms with Crippen LogP contribution in [0.15, 0.2) is 89.6 Å². The second-order valence-electron chi connectivity index (χ2n) is 6.44. The van der Waals surface area contributed by atoms with E-state index in [1.807, 2.05) is 0 Å². The molecule has 0 saturated heterocycles. The van der Waals surface area contributed by atoms with E-state index in [0.717, 1.165) is 0 Å². The average Bonchev–Trinajstić information content (AvgIpc) is 3.22. The molecule has 0 amide bonds. The van der Waals surface area contributed by atoms with Crippen LogP contribution in [0.2, 0.25) is 0 Å². The second kappa shape index (κ2) is 5.55. The maximum atomic E-state index is 2.33. The number of allylic oxidation sites excluding steroid dienone is 7. The number of hydrogen-bond donors (Lipinski definition) is 0. The van der Waals surface area contributed by atoms with Crippen LogP contribution in [0.1, 0.15) is 30.9 Å². The summed E-state index contributed by atoms with van der Waals surface area (Å²) < 4.78 is 0. The minimum atomic E-state index is 0.377. The molecule has 1 unspecified atom stereocenters. The van der Waals surface area contributed by atoms with Gasteiger partial charge in [0.15, 0.2) is 0 Å². The SMILES string of the molecule is CC(C)=C1C=CC(C2C=Cc3c(-c4ccccc4)cccc32)=C1. The first-order valence-electron chi connectivity index (χ1n) is 8.18. The van der Waals surface area contributed by atoms with Crippen molar-refractivity contribution in [3.63, 3.8) is 0 Å². The lowest BCUT2D eigenvalue weighted by Gasteiger charge is -2.13. The molecule has 0 fully saturated rings. The third kappa shape index (κ3) is 2.41. The van der Waals surface area contributed by atoms with Crippen LogP contribution in [-0.2, 0) is 0 Å². The topological polar surface area (TPSA) is 0 Å². The zero-order valence-electron chi connectivity index (χ0n) is 13.6. The number of fused-ring (bicyclic) bond motifs is 1. The van der Waals surface area contributed by atoms with Crippen molar-refractivity contribution in [2.24, 2.45) is 0 Å². The van der Waals surface area contributed by atoms with Crippen LogP contribution in [0.3, 0.4) is 0 Å². The molecule has 0 saturated carbocycles. The zero-order chi connectivity index (χ0) is 15.8. The molecule has 112 valence electrons. The largest absolute Gasteiger partial charge is 0.0720 e. The van der Waals surface area contributed by atoms with E-state index in [1.165, 1.54) is 39.0 Å². The van der Waals surface area contributed by atoms with Crippen LogP contribution in [0, 0.1) is 0 Å². The predicted molar refractivity (Wildman–Crippen MR) is 99.3 cm³/mol. The van der Waals surface area contributed by atoms with Crippen LogP contribution in [0.5, 0.6) is 0 Å². The van der Waals surface area contributed by atoms with Gasteiger partial charge in [-0.05, 0) is 47.2 Å². The van der Waals surface area contributed by atoms with Crippen molar-refractivity contribution in [3.05, 3.63) is 101 Å². The minimum absolute atomic E-state index is 0.377. The highest BCUT2D eigenvalue weighted by Gasteiger charge is 2.23. The molecule has 1 atom stereocenters. The highest BCUT2D eigenvalue weighted by molar-refractivity contribution is 5.81. The molecule has 0 aromatic heterocycles. The van der Waals surface area contributed by atoms with Crippen LogP contribution >= 0.6 is 0 Å². The van der Waals surface area contributed by atoms with Crippen molar-refractivity contribution >= 4 is 6.08 Å². The highest BCUT2D eigenvalue weighted by atomic mass is 14.3. The summed E-state index contributed by atoms with van der Waals surface area (Å²) in [4.78, 5) is 0.